The Balaban J connectivity index is 1.78. The van der Waals surface area contributed by atoms with Crippen LogP contribution < -0.4 is 4.90 Å². The molecule has 0 spiro atoms. The Bertz CT molecular complexity index is 1230. The van der Waals surface area contributed by atoms with E-state index in [1.807, 2.05) is 0 Å². The zero-order valence-electron chi connectivity index (χ0n) is 15.9. The van der Waals surface area contributed by atoms with E-state index in [1.54, 1.807) is 42.5 Å². The molecule has 2 amide bonds. The number of para-hydroxylation sites is 1. The maximum absolute atomic E-state index is 13.6. The largest absolute Gasteiger partial charge is 0.468 e. The second-order valence-electron chi connectivity index (χ2n) is 6.83. The van der Waals surface area contributed by atoms with Gasteiger partial charge < -0.3 is 4.42 Å². The smallest absolute Gasteiger partial charge is 0.252 e. The Morgan fingerprint density at radius 3 is 2.45 bits per heavy atom. The van der Waals surface area contributed by atoms with E-state index in [0.717, 1.165) is 9.21 Å². The van der Waals surface area contributed by atoms with Gasteiger partial charge in [-0.3, -0.25) is 9.59 Å². The van der Waals surface area contributed by atoms with Crippen molar-refractivity contribution in [2.45, 2.75) is 23.9 Å². The Labute approximate surface area is 188 Å². The first-order valence-electron chi connectivity index (χ1n) is 9.20. The van der Waals surface area contributed by atoms with Crippen molar-refractivity contribution in [2.24, 2.45) is 0 Å². The number of anilines is 1. The number of furan rings is 1. The average Bonchev–Trinajstić information content (AvgIpc) is 3.36. The van der Waals surface area contributed by atoms with Crippen LogP contribution in [0.25, 0.3) is 0 Å². The molecule has 0 saturated carbocycles. The normalized spacial score (nSPS) is 17.0. The number of carbonyl (C=O) groups is 2. The molecule has 3 aromatic rings. The third kappa shape index (κ3) is 4.12. The lowest BCUT2D eigenvalue weighted by atomic mass is 10.2. The molecule has 1 fully saturated rings. The van der Waals surface area contributed by atoms with Crippen LogP contribution in [0.4, 0.5) is 5.69 Å². The second-order valence-corrected chi connectivity index (χ2v) is 9.53. The van der Waals surface area contributed by atoms with E-state index < -0.39 is 27.9 Å². The van der Waals surface area contributed by atoms with Crippen molar-refractivity contribution >= 4 is 50.7 Å². The molecule has 1 aliphatic rings. The van der Waals surface area contributed by atoms with Crippen molar-refractivity contribution in [1.82, 2.24) is 4.31 Å². The minimum Gasteiger partial charge on any atom is -0.468 e. The lowest BCUT2D eigenvalue weighted by Gasteiger charge is -2.26. The fourth-order valence-corrected chi connectivity index (χ4v) is 5.70. The lowest BCUT2D eigenvalue weighted by molar-refractivity contribution is -0.122. The minimum atomic E-state index is -4.32. The summed E-state index contributed by atoms with van der Waals surface area (Å²) in [6.45, 7) is -0.259. The maximum atomic E-state index is 13.6. The highest BCUT2D eigenvalue weighted by atomic mass is 35.5. The van der Waals surface area contributed by atoms with Crippen LogP contribution in [0, 0.1) is 0 Å². The SMILES string of the molecule is O=C1CC(N(Cc2ccco2)S(=O)(=O)c2cc(Cl)ccc2Cl)C(=O)N1c1ccccc1. The molecule has 160 valence electrons. The highest BCUT2D eigenvalue weighted by Crippen LogP contribution is 2.34. The van der Waals surface area contributed by atoms with Gasteiger partial charge in [-0.25, -0.2) is 13.3 Å². The number of hydrogen-bond donors (Lipinski definition) is 0. The van der Waals surface area contributed by atoms with Gasteiger partial charge >= 0.3 is 0 Å². The summed E-state index contributed by atoms with van der Waals surface area (Å²) in [6.07, 6.45) is 1.08. The standard InChI is InChI=1S/C21H16Cl2N2O5S/c22-14-8-9-17(23)19(11-14)31(28,29)24(13-16-7-4-10-30-16)18-12-20(26)25(21(18)27)15-5-2-1-3-6-15/h1-11,18H,12-13H2. The van der Waals surface area contributed by atoms with Crippen molar-refractivity contribution in [3.63, 3.8) is 0 Å². The molecule has 1 saturated heterocycles. The van der Waals surface area contributed by atoms with Gasteiger partial charge in [0.15, 0.2) is 0 Å². The predicted octanol–water partition coefficient (Wildman–Crippen LogP) is 4.11. The van der Waals surface area contributed by atoms with E-state index in [4.69, 9.17) is 27.6 Å². The van der Waals surface area contributed by atoms with Crippen LogP contribution in [0.2, 0.25) is 10.0 Å². The topological polar surface area (TPSA) is 87.9 Å². The summed E-state index contributed by atoms with van der Waals surface area (Å²) in [7, 11) is -4.32. The van der Waals surface area contributed by atoms with Gasteiger partial charge in [-0.15, -0.1) is 0 Å². The Morgan fingerprint density at radius 2 is 1.77 bits per heavy atom. The predicted molar refractivity (Wildman–Crippen MR) is 115 cm³/mol. The van der Waals surface area contributed by atoms with Gasteiger partial charge in [-0.05, 0) is 42.5 Å². The van der Waals surface area contributed by atoms with E-state index in [1.165, 1.54) is 24.5 Å². The average molecular weight is 479 g/mol. The Hall–Kier alpha value is -2.65. The molecule has 0 N–H and O–H groups in total. The first-order chi connectivity index (χ1) is 14.8. The molecule has 0 bridgehead atoms. The van der Waals surface area contributed by atoms with Crippen LogP contribution in [0.15, 0.2) is 76.2 Å². The summed E-state index contributed by atoms with van der Waals surface area (Å²) in [4.78, 5) is 26.7. The van der Waals surface area contributed by atoms with Crippen LogP contribution in [-0.2, 0) is 26.2 Å². The minimum absolute atomic E-state index is 0.0504. The number of rotatable bonds is 6. The Morgan fingerprint density at radius 1 is 1.03 bits per heavy atom. The number of amides is 2. The highest BCUT2D eigenvalue weighted by molar-refractivity contribution is 7.89. The fourth-order valence-electron chi connectivity index (χ4n) is 3.41. The summed E-state index contributed by atoms with van der Waals surface area (Å²) in [5, 5.41) is 0.117. The maximum Gasteiger partial charge on any atom is 0.252 e. The van der Waals surface area contributed by atoms with Crippen molar-refractivity contribution in [3.8, 4) is 0 Å². The van der Waals surface area contributed by atoms with Crippen molar-refractivity contribution in [2.75, 3.05) is 4.90 Å². The van der Waals surface area contributed by atoms with Crippen LogP contribution in [0.3, 0.4) is 0 Å². The molecule has 1 unspecified atom stereocenters. The van der Waals surface area contributed by atoms with Gasteiger partial charge in [0.05, 0.1) is 29.9 Å². The van der Waals surface area contributed by atoms with Gasteiger partial charge in [-0.2, -0.15) is 4.31 Å². The summed E-state index contributed by atoms with van der Waals surface area (Å²) in [6, 6.07) is 14.3. The van der Waals surface area contributed by atoms with E-state index in [2.05, 4.69) is 0 Å². The number of sulfonamides is 1. The number of carbonyl (C=O) groups excluding carboxylic acids is 2. The molecule has 1 aliphatic heterocycles. The zero-order chi connectivity index (χ0) is 22.2. The quantitative estimate of drug-likeness (QED) is 0.497. The molecular weight excluding hydrogens is 463 g/mol. The molecule has 1 atom stereocenters. The highest BCUT2D eigenvalue weighted by Gasteiger charge is 2.47. The van der Waals surface area contributed by atoms with E-state index in [-0.39, 0.29) is 27.9 Å². The molecular formula is C21H16Cl2N2O5S. The van der Waals surface area contributed by atoms with Gasteiger partial charge in [0, 0.05) is 5.02 Å². The fraction of sp³-hybridized carbons (Fsp3) is 0.143. The van der Waals surface area contributed by atoms with Gasteiger partial charge in [-0.1, -0.05) is 41.4 Å². The number of hydrogen-bond acceptors (Lipinski definition) is 5. The molecule has 2 aromatic carbocycles. The monoisotopic (exact) mass is 478 g/mol. The van der Waals surface area contributed by atoms with E-state index in [9.17, 15) is 18.0 Å². The number of benzene rings is 2. The number of imide groups is 1. The third-order valence-corrected chi connectivity index (χ3v) is 7.43. The van der Waals surface area contributed by atoms with Crippen LogP contribution in [0.5, 0.6) is 0 Å². The molecule has 1 aromatic heterocycles. The molecule has 0 radical (unpaired) electrons. The van der Waals surface area contributed by atoms with Gasteiger partial charge in [0.25, 0.3) is 5.91 Å². The zero-order valence-corrected chi connectivity index (χ0v) is 18.3. The summed E-state index contributed by atoms with van der Waals surface area (Å²) >= 11 is 12.1. The molecule has 7 nitrogen and oxygen atoms in total. The number of nitrogens with zero attached hydrogens (tertiary/aromatic N) is 2. The summed E-state index contributed by atoms with van der Waals surface area (Å²) < 4.78 is 33.4. The molecule has 4 rings (SSSR count). The van der Waals surface area contributed by atoms with E-state index >= 15 is 0 Å². The van der Waals surface area contributed by atoms with Crippen LogP contribution >= 0.6 is 23.2 Å². The first kappa shape index (κ1) is 21.6. The first-order valence-corrected chi connectivity index (χ1v) is 11.4. The lowest BCUT2D eigenvalue weighted by Crippen LogP contribution is -2.45. The number of halogens is 2. The van der Waals surface area contributed by atoms with Gasteiger partial charge in [0.1, 0.15) is 16.7 Å². The van der Waals surface area contributed by atoms with Crippen molar-refractivity contribution in [1.29, 1.82) is 0 Å². The van der Waals surface area contributed by atoms with Crippen molar-refractivity contribution < 1.29 is 22.4 Å². The van der Waals surface area contributed by atoms with Crippen LogP contribution in [-0.4, -0.2) is 30.6 Å². The summed E-state index contributed by atoms with van der Waals surface area (Å²) in [5.41, 5.74) is 0.371. The Kier molecular flexibility index (Phi) is 5.90. The second kappa shape index (κ2) is 8.47. The van der Waals surface area contributed by atoms with E-state index in [0.29, 0.717) is 11.4 Å². The summed E-state index contributed by atoms with van der Waals surface area (Å²) in [5.74, 6) is -0.845. The molecule has 0 aliphatic carbocycles. The van der Waals surface area contributed by atoms with Gasteiger partial charge in [0.2, 0.25) is 15.9 Å². The van der Waals surface area contributed by atoms with Crippen molar-refractivity contribution in [3.05, 3.63) is 82.7 Å². The molecule has 2 heterocycles. The molecule has 10 heteroatoms. The third-order valence-electron chi connectivity index (χ3n) is 4.86. The molecule has 31 heavy (non-hydrogen) atoms. The van der Waals surface area contributed by atoms with Crippen LogP contribution in [0.1, 0.15) is 12.2 Å².